The van der Waals surface area contributed by atoms with Crippen LogP contribution in [-0.4, -0.2) is 23.0 Å². The van der Waals surface area contributed by atoms with Crippen LogP contribution in [0.1, 0.15) is 26.2 Å². The predicted octanol–water partition coefficient (Wildman–Crippen LogP) is 4.52. The van der Waals surface area contributed by atoms with Crippen molar-refractivity contribution >= 4 is 27.5 Å². The standard InChI is InChI=1S/C17H26SeSi/c1-5-6-8-13-17(19(2,3)4)14-15-18-16-11-9-7-10-12-16/h7,9-15H,5-6,8H2,1-4H3/b15-14+,17-13-. The molecule has 0 saturated carbocycles. The van der Waals surface area contributed by atoms with E-state index in [1.54, 1.807) is 5.20 Å². The van der Waals surface area contributed by atoms with Gasteiger partial charge in [-0.2, -0.15) is 0 Å². The zero-order valence-corrected chi connectivity index (χ0v) is 15.4. The van der Waals surface area contributed by atoms with E-state index in [4.69, 9.17) is 0 Å². The molecule has 0 spiro atoms. The second-order valence-corrected chi connectivity index (χ2v) is 12.9. The third-order valence-electron chi connectivity index (χ3n) is 2.98. The van der Waals surface area contributed by atoms with Gasteiger partial charge in [0.15, 0.2) is 0 Å². The Balaban J connectivity index is 2.64. The van der Waals surface area contributed by atoms with Crippen molar-refractivity contribution in [3.05, 3.63) is 52.7 Å². The summed E-state index contributed by atoms with van der Waals surface area (Å²) in [5.74, 6) is 0. The van der Waals surface area contributed by atoms with Crippen LogP contribution in [0, 0.1) is 0 Å². The van der Waals surface area contributed by atoms with Crippen molar-refractivity contribution < 1.29 is 0 Å². The molecule has 0 aliphatic carbocycles. The average Bonchev–Trinajstić information content (AvgIpc) is 2.37. The third-order valence-corrected chi connectivity index (χ3v) is 6.80. The Morgan fingerprint density at radius 2 is 1.84 bits per heavy atom. The van der Waals surface area contributed by atoms with Gasteiger partial charge in [0.1, 0.15) is 0 Å². The SMILES string of the molecule is CCCC/C=C(/C=C/[Se]c1ccccc1)[Si](C)(C)C. The summed E-state index contributed by atoms with van der Waals surface area (Å²) in [5.41, 5.74) is 0. The fourth-order valence-corrected chi connectivity index (χ4v) is 4.82. The van der Waals surface area contributed by atoms with Crippen molar-refractivity contribution in [2.24, 2.45) is 0 Å². The van der Waals surface area contributed by atoms with Crippen LogP contribution in [0.4, 0.5) is 0 Å². The quantitative estimate of drug-likeness (QED) is 0.390. The summed E-state index contributed by atoms with van der Waals surface area (Å²) in [6, 6.07) is 10.8. The fraction of sp³-hybridized carbons (Fsp3) is 0.412. The number of benzene rings is 1. The van der Waals surface area contributed by atoms with E-state index in [0.29, 0.717) is 15.0 Å². The Labute approximate surface area is 126 Å². The molecule has 0 aliphatic heterocycles. The molecule has 0 radical (unpaired) electrons. The molecule has 104 valence electrons. The van der Waals surface area contributed by atoms with Crippen molar-refractivity contribution in [1.29, 1.82) is 0 Å². The summed E-state index contributed by atoms with van der Waals surface area (Å²) in [5, 5.41) is 1.61. The van der Waals surface area contributed by atoms with Gasteiger partial charge in [-0.15, -0.1) is 0 Å². The van der Waals surface area contributed by atoms with Gasteiger partial charge in [-0.3, -0.25) is 0 Å². The molecule has 0 fully saturated rings. The van der Waals surface area contributed by atoms with E-state index in [1.807, 2.05) is 0 Å². The Kier molecular flexibility index (Phi) is 7.44. The van der Waals surface area contributed by atoms with E-state index in [1.165, 1.54) is 23.7 Å². The first-order valence-electron chi connectivity index (χ1n) is 7.13. The first-order chi connectivity index (χ1) is 9.04. The molecular weight excluding hydrogens is 311 g/mol. The van der Waals surface area contributed by atoms with Gasteiger partial charge in [0.25, 0.3) is 0 Å². The number of hydrogen-bond acceptors (Lipinski definition) is 0. The van der Waals surface area contributed by atoms with Crippen LogP contribution in [0.25, 0.3) is 0 Å². The van der Waals surface area contributed by atoms with Crippen LogP contribution >= 0.6 is 0 Å². The van der Waals surface area contributed by atoms with Crippen LogP contribution in [0.15, 0.2) is 52.7 Å². The summed E-state index contributed by atoms with van der Waals surface area (Å²) >= 11 is 0.463. The molecule has 0 amide bonds. The van der Waals surface area contributed by atoms with E-state index >= 15 is 0 Å². The molecule has 19 heavy (non-hydrogen) atoms. The number of unbranched alkanes of at least 4 members (excludes halogenated alkanes) is 2. The topological polar surface area (TPSA) is 0 Å². The van der Waals surface area contributed by atoms with Gasteiger partial charge < -0.3 is 0 Å². The summed E-state index contributed by atoms with van der Waals surface area (Å²) in [6.45, 7) is 9.57. The van der Waals surface area contributed by atoms with E-state index in [2.05, 4.69) is 74.0 Å². The zero-order chi connectivity index (χ0) is 14.1. The average molecular weight is 337 g/mol. The summed E-state index contributed by atoms with van der Waals surface area (Å²) in [7, 11) is -1.19. The molecule has 0 atom stereocenters. The van der Waals surface area contributed by atoms with E-state index < -0.39 is 8.07 Å². The van der Waals surface area contributed by atoms with Crippen molar-refractivity contribution in [2.75, 3.05) is 0 Å². The van der Waals surface area contributed by atoms with Crippen molar-refractivity contribution in [2.45, 2.75) is 45.8 Å². The van der Waals surface area contributed by atoms with Gasteiger partial charge in [0.05, 0.1) is 0 Å². The first-order valence-corrected chi connectivity index (χ1v) is 12.5. The molecule has 1 rings (SSSR count). The molecule has 0 unspecified atom stereocenters. The minimum absolute atomic E-state index is 0.463. The van der Waals surface area contributed by atoms with E-state index in [9.17, 15) is 0 Å². The van der Waals surface area contributed by atoms with E-state index in [-0.39, 0.29) is 0 Å². The third kappa shape index (κ3) is 6.96. The second-order valence-electron chi connectivity index (χ2n) is 5.79. The maximum absolute atomic E-state index is 2.48. The zero-order valence-electron chi connectivity index (χ0n) is 12.6. The van der Waals surface area contributed by atoms with E-state index in [0.717, 1.165) is 0 Å². The maximum atomic E-state index is 2.48. The van der Waals surface area contributed by atoms with Crippen LogP contribution in [0.2, 0.25) is 19.6 Å². The normalized spacial score (nSPS) is 13.2. The molecular formula is C17H26SeSi. The molecule has 0 N–H and O–H groups in total. The van der Waals surface area contributed by atoms with Gasteiger partial charge in [-0.1, -0.05) is 0 Å². The Bertz CT molecular complexity index is 413. The van der Waals surface area contributed by atoms with Gasteiger partial charge >= 0.3 is 126 Å². The van der Waals surface area contributed by atoms with Crippen LogP contribution in [0.3, 0.4) is 0 Å². The second kappa shape index (κ2) is 8.58. The molecule has 0 aromatic heterocycles. The molecule has 0 heterocycles. The van der Waals surface area contributed by atoms with Crippen molar-refractivity contribution in [1.82, 2.24) is 0 Å². The van der Waals surface area contributed by atoms with Crippen molar-refractivity contribution in [3.63, 3.8) is 0 Å². The number of hydrogen-bond donors (Lipinski definition) is 0. The van der Waals surface area contributed by atoms with Gasteiger partial charge in [-0.25, -0.2) is 0 Å². The summed E-state index contributed by atoms with van der Waals surface area (Å²) in [6.07, 6.45) is 8.71. The Morgan fingerprint density at radius 1 is 1.16 bits per heavy atom. The predicted molar refractivity (Wildman–Crippen MR) is 91.9 cm³/mol. The summed E-state index contributed by atoms with van der Waals surface area (Å²) < 4.78 is 1.45. The van der Waals surface area contributed by atoms with Gasteiger partial charge in [0.2, 0.25) is 0 Å². The number of rotatable bonds is 7. The molecule has 1 aromatic rings. The molecule has 0 saturated heterocycles. The fourth-order valence-electron chi connectivity index (χ4n) is 1.77. The Morgan fingerprint density at radius 3 is 2.42 bits per heavy atom. The minimum atomic E-state index is -1.19. The first kappa shape index (κ1) is 16.5. The molecule has 1 aromatic carbocycles. The van der Waals surface area contributed by atoms with Crippen molar-refractivity contribution in [3.8, 4) is 0 Å². The summed E-state index contributed by atoms with van der Waals surface area (Å²) in [4.78, 5) is 2.39. The van der Waals surface area contributed by atoms with Gasteiger partial charge in [-0.05, 0) is 0 Å². The molecule has 0 aliphatic rings. The monoisotopic (exact) mass is 338 g/mol. The van der Waals surface area contributed by atoms with Gasteiger partial charge in [0, 0.05) is 0 Å². The molecule has 0 bridgehead atoms. The van der Waals surface area contributed by atoms with Crippen LogP contribution < -0.4 is 4.46 Å². The Hall–Kier alpha value is -0.564. The molecule has 2 heteroatoms. The van der Waals surface area contributed by atoms with Crippen LogP contribution in [0.5, 0.6) is 0 Å². The molecule has 0 nitrogen and oxygen atoms in total. The van der Waals surface area contributed by atoms with Crippen LogP contribution in [-0.2, 0) is 0 Å². The number of allylic oxidation sites excluding steroid dienone is 3.